The number of benzene rings is 4. The first-order valence-corrected chi connectivity index (χ1v) is 30.8. The molecule has 6 aliphatic heterocycles. The molecule has 0 aliphatic carbocycles. The van der Waals surface area contributed by atoms with Crippen LogP contribution >= 0.6 is 0 Å². The summed E-state index contributed by atoms with van der Waals surface area (Å²) in [7, 11) is 0. The highest BCUT2D eigenvalue weighted by Gasteiger charge is 2.63. The average Bonchev–Trinajstić information content (AvgIpc) is 1.53. The van der Waals surface area contributed by atoms with E-state index in [1.165, 1.54) is 30.5 Å². The van der Waals surface area contributed by atoms with Gasteiger partial charge in [-0.05, 0) is 96.2 Å². The molecular weight excluding hydrogens is 1200 g/mol. The number of nitrogens with zero attached hydrogens (tertiary/aromatic N) is 5. The second-order valence-electron chi connectivity index (χ2n) is 25.9. The molecule has 0 radical (unpaired) electrons. The monoisotopic (exact) mass is 1270 g/mol. The van der Waals surface area contributed by atoms with Gasteiger partial charge in [0.25, 0.3) is 5.91 Å². The summed E-state index contributed by atoms with van der Waals surface area (Å²) in [6, 6.07) is 20.1. The van der Waals surface area contributed by atoms with E-state index in [4.69, 9.17) is 42.8 Å². The summed E-state index contributed by atoms with van der Waals surface area (Å²) in [5.41, 5.74) is 8.03. The van der Waals surface area contributed by atoms with Crippen LogP contribution in [0.4, 0.5) is 20.2 Å². The van der Waals surface area contributed by atoms with Crippen LogP contribution < -0.4 is 36.5 Å². The molecule has 93 heavy (non-hydrogen) atoms. The van der Waals surface area contributed by atoms with Crippen molar-refractivity contribution >= 4 is 40.7 Å². The van der Waals surface area contributed by atoms with Crippen LogP contribution in [-0.4, -0.2) is 84.1 Å². The van der Waals surface area contributed by atoms with Gasteiger partial charge in [-0.25, -0.2) is 23.7 Å². The quantitative estimate of drug-likeness (QED) is 0.0567. The number of aliphatic hydroxyl groups excluding tert-OH is 2. The summed E-state index contributed by atoms with van der Waals surface area (Å²) in [4.78, 5) is 84.4. The van der Waals surface area contributed by atoms with Gasteiger partial charge in [0.05, 0.1) is 0 Å². The predicted octanol–water partition coefficient (Wildman–Crippen LogP) is 8.79. The number of carbonyl (C=O) groups is 5. The first-order valence-electron chi connectivity index (χ1n) is 30.8. The lowest BCUT2D eigenvalue weighted by Crippen LogP contribution is -2.41. The van der Waals surface area contributed by atoms with Crippen molar-refractivity contribution in [2.45, 2.75) is 129 Å². The lowest BCUT2D eigenvalue weighted by atomic mass is 9.72. The van der Waals surface area contributed by atoms with Gasteiger partial charge in [0.2, 0.25) is 35.4 Å². The Labute approximate surface area is 530 Å². The molecule has 14 rings (SSSR count). The van der Waals surface area contributed by atoms with Crippen molar-refractivity contribution < 1.29 is 70.1 Å². The maximum absolute atomic E-state index is 15.1. The number of aromatic nitrogens is 4. The standard InChI is InChI=1S/C34H34FN5O7.C34H32FN5O6/c1-14(2)25-32-40-26(31-37-22(13-45-31)29(36)43)28(47-32)34-19-12-18(35)6-7-21(19)38-33(34)46-24-8-5-16(10-20(24)34)9-17(30(44)39-25)11-23(41)27(42)15(3)4;1-15(2)26-32-40-27(31-37-20(13-36)14-44-31)29(46-32)34-21-12-19(35)6-7-23(21)38-33(34)45-25-8-5-17(10-22(25)34)9-18(30(43)39-26)11-24(41)28(42)16(3)4/h5-8,10,12-15,17,25,27,33,38,42H,9,11H2,1-4H3,(H2,36,43)(H,39,44);5-8,10,12,14-16,18,26,28,33,38,42H,9,11H2,1-4H3,(H,39,43)/t17?,25-,27-,33+,34-;18?,26-,28-,33+,34-/m00/s1. The van der Waals surface area contributed by atoms with E-state index in [0.29, 0.717) is 50.7 Å². The molecule has 8 N–H and O–H groups in total. The molecule has 0 fully saturated rings. The lowest BCUT2D eigenvalue weighted by molar-refractivity contribution is -0.135. The smallest absolute Gasteiger partial charge is 0.270 e. The van der Waals surface area contributed by atoms with E-state index in [-0.39, 0.29) is 107 Å². The van der Waals surface area contributed by atoms with E-state index in [1.54, 1.807) is 52.0 Å². The topological polar surface area (TPSA) is 346 Å². The van der Waals surface area contributed by atoms with E-state index >= 15 is 8.78 Å². The molecule has 6 aliphatic rings. The number of nitrogens with one attached hydrogen (secondary N) is 4. The van der Waals surface area contributed by atoms with Gasteiger partial charge in [-0.2, -0.15) is 10.2 Å². The van der Waals surface area contributed by atoms with Crippen LogP contribution in [0.2, 0.25) is 0 Å². The van der Waals surface area contributed by atoms with Crippen molar-refractivity contribution in [3.8, 4) is 40.7 Å². The number of Topliss-reactive ketones (excluding diaryl/α,β-unsaturated/α-hetero) is 2. The Balaban J connectivity index is 0.000000169. The Bertz CT molecular complexity index is 4410. The van der Waals surface area contributed by atoms with E-state index in [0.717, 1.165) is 11.8 Å². The average molecular weight is 1270 g/mol. The van der Waals surface area contributed by atoms with Crippen LogP contribution in [0.3, 0.4) is 0 Å². The number of anilines is 2. The zero-order valence-corrected chi connectivity index (χ0v) is 51.8. The zero-order valence-electron chi connectivity index (χ0n) is 51.8. The number of aliphatic hydroxyl groups is 2. The number of ether oxygens (including phenoxy) is 2. The maximum atomic E-state index is 15.1. The number of nitriles is 1. The molecule has 10 atom stereocenters. The van der Waals surface area contributed by atoms with Gasteiger partial charge in [0, 0.05) is 58.3 Å². The van der Waals surface area contributed by atoms with Gasteiger partial charge in [0.15, 0.2) is 58.3 Å². The van der Waals surface area contributed by atoms with Gasteiger partial charge in [-0.15, -0.1) is 0 Å². The Kier molecular flexibility index (Phi) is 15.4. The zero-order chi connectivity index (χ0) is 65.9. The second kappa shape index (κ2) is 23.3. The Morgan fingerprint density at radius 3 is 1.45 bits per heavy atom. The van der Waals surface area contributed by atoms with Crippen LogP contribution in [0.1, 0.15) is 153 Å². The third-order valence-electron chi connectivity index (χ3n) is 18.4. The molecule has 3 amide bonds. The number of ketones is 2. The third kappa shape index (κ3) is 10.3. The molecule has 4 aromatic heterocycles. The van der Waals surface area contributed by atoms with Gasteiger partial charge in [0.1, 0.15) is 76.9 Å². The molecule has 25 heteroatoms. The van der Waals surface area contributed by atoms with Crippen molar-refractivity contribution in [1.82, 2.24) is 30.6 Å². The molecule has 0 saturated heterocycles. The van der Waals surface area contributed by atoms with Gasteiger partial charge in [-0.1, -0.05) is 79.7 Å². The molecule has 23 nitrogen and oxygen atoms in total. The minimum Gasteiger partial charge on any atom is -0.469 e. The van der Waals surface area contributed by atoms with Crippen molar-refractivity contribution in [3.63, 3.8) is 0 Å². The minimum atomic E-state index is -1.32. The van der Waals surface area contributed by atoms with Crippen molar-refractivity contribution in [2.75, 3.05) is 10.6 Å². The van der Waals surface area contributed by atoms with E-state index < -0.39 is 100 Å². The summed E-state index contributed by atoms with van der Waals surface area (Å²) in [6.07, 6.45) is -1.71. The van der Waals surface area contributed by atoms with Crippen LogP contribution in [0.5, 0.6) is 11.5 Å². The molecule has 8 bridgehead atoms. The Hall–Kier alpha value is -10.1. The fraction of sp³-hybridized carbons (Fsp3) is 0.382. The summed E-state index contributed by atoms with van der Waals surface area (Å²) in [5, 5.41) is 43.4. The number of hydrogen-bond acceptors (Lipinski definition) is 20. The Morgan fingerprint density at radius 2 is 1.05 bits per heavy atom. The molecule has 2 spiro atoms. The van der Waals surface area contributed by atoms with Crippen LogP contribution in [0.25, 0.3) is 23.2 Å². The first-order chi connectivity index (χ1) is 44.4. The molecular formula is C68H66F2N10O13. The molecule has 480 valence electrons. The number of carbonyl (C=O) groups excluding carboxylic acids is 5. The highest BCUT2D eigenvalue weighted by atomic mass is 19.1. The lowest BCUT2D eigenvalue weighted by Gasteiger charge is -2.28. The minimum absolute atomic E-state index is 0.0129. The van der Waals surface area contributed by atoms with Crippen LogP contribution in [-0.2, 0) is 42.8 Å². The number of nitrogens with two attached hydrogens (primary N) is 1. The van der Waals surface area contributed by atoms with Crippen molar-refractivity contribution in [1.29, 1.82) is 5.26 Å². The Morgan fingerprint density at radius 1 is 0.613 bits per heavy atom. The highest BCUT2D eigenvalue weighted by molar-refractivity contribution is 5.92. The number of halogens is 2. The number of rotatable bonds is 13. The van der Waals surface area contributed by atoms with Crippen LogP contribution in [0.15, 0.2) is 103 Å². The van der Waals surface area contributed by atoms with Crippen molar-refractivity contribution in [3.05, 3.63) is 165 Å². The molecule has 0 saturated carbocycles. The van der Waals surface area contributed by atoms with E-state index in [2.05, 4.69) is 31.2 Å². The van der Waals surface area contributed by atoms with Gasteiger partial charge in [-0.3, -0.25) is 24.0 Å². The highest BCUT2D eigenvalue weighted by Crippen LogP contribution is 2.61. The molecule has 10 heterocycles. The predicted molar refractivity (Wildman–Crippen MR) is 326 cm³/mol. The van der Waals surface area contributed by atoms with Crippen molar-refractivity contribution in [2.24, 2.45) is 41.2 Å². The van der Waals surface area contributed by atoms with Crippen LogP contribution in [0, 0.1) is 58.5 Å². The number of oxazole rings is 4. The fourth-order valence-electron chi connectivity index (χ4n) is 13.6. The van der Waals surface area contributed by atoms with E-state index in [1.807, 2.05) is 58.0 Å². The summed E-state index contributed by atoms with van der Waals surface area (Å²) < 4.78 is 67.8. The first kappa shape index (κ1) is 61.8. The normalized spacial score (nSPS) is 23.3. The third-order valence-corrected chi connectivity index (χ3v) is 18.4. The fourth-order valence-corrected chi connectivity index (χ4v) is 13.6. The number of primary amides is 1. The summed E-state index contributed by atoms with van der Waals surface area (Å²) in [6.45, 7) is 14.5. The largest absolute Gasteiger partial charge is 0.469 e. The SMILES string of the molecule is CC(C)[C@H](O)C(=O)CC1Cc2ccc3c(c2)[C@@]2(c4cc(F)ccc4N[C@@H]2O3)c2oc(nc2-c2nc(C#N)co2)[C@H](C(C)C)NC1=O.CC(C)[C@H](O)C(=O)CC1Cc2ccc3c(c2)[C@@]2(c4cc(F)ccc4N[C@@H]2O3)c2oc(nc2-c2nc(C(N)=O)co2)[C@H](C(C)C)NC1=O. The molecule has 8 aromatic rings. The number of amides is 3. The molecule has 4 aromatic carbocycles. The number of fused-ring (bicyclic) bond motifs is 8. The maximum Gasteiger partial charge on any atom is 0.270 e. The second-order valence-corrected chi connectivity index (χ2v) is 25.9. The van der Waals surface area contributed by atoms with E-state index in [9.17, 15) is 39.4 Å². The van der Waals surface area contributed by atoms with Gasteiger partial charge >= 0.3 is 0 Å². The summed E-state index contributed by atoms with van der Waals surface area (Å²) >= 11 is 0. The summed E-state index contributed by atoms with van der Waals surface area (Å²) in [5.74, 6) is -4.57. The number of hydrogen-bond donors (Lipinski definition) is 7. The van der Waals surface area contributed by atoms with Gasteiger partial charge < -0.3 is 64.4 Å². The molecule has 2 unspecified atom stereocenters.